The van der Waals surface area contributed by atoms with Gasteiger partial charge >= 0.3 is 6.18 Å². The van der Waals surface area contributed by atoms with Gasteiger partial charge in [0.1, 0.15) is 0 Å². The normalized spacial score (nSPS) is 11.2. The summed E-state index contributed by atoms with van der Waals surface area (Å²) in [7, 11) is 0. The Morgan fingerprint density at radius 3 is 2.71 bits per heavy atom. The minimum absolute atomic E-state index is 0.100. The van der Waals surface area contributed by atoms with Gasteiger partial charge < -0.3 is 10.7 Å². The number of thiazole rings is 1. The van der Waals surface area contributed by atoms with Crippen molar-refractivity contribution in [2.75, 3.05) is 5.43 Å². The second-order valence-corrected chi connectivity index (χ2v) is 4.78. The van der Waals surface area contributed by atoms with Crippen molar-refractivity contribution in [1.29, 1.82) is 0 Å². The molecule has 0 saturated heterocycles. The van der Waals surface area contributed by atoms with Crippen LogP contribution in [-0.2, 0) is 12.7 Å². The van der Waals surface area contributed by atoms with E-state index in [-0.39, 0.29) is 17.8 Å². The number of benzene rings is 1. The molecule has 5 nitrogen and oxygen atoms in total. The first-order valence-electron chi connectivity index (χ1n) is 5.75. The van der Waals surface area contributed by atoms with Crippen LogP contribution in [0.25, 0.3) is 0 Å². The number of aromatic nitrogens is 1. The first-order valence-corrected chi connectivity index (χ1v) is 6.69. The number of nitrogen functional groups attached to an aromatic ring is 1. The fourth-order valence-corrected chi connectivity index (χ4v) is 2.20. The van der Waals surface area contributed by atoms with Crippen LogP contribution in [-0.4, -0.2) is 10.9 Å². The SMILES string of the molecule is NNc1ccc(C(=O)NCc2cscn2)cc1C(F)(F)F. The number of nitrogens with two attached hydrogens (primary N) is 1. The Bertz CT molecular complexity index is 628. The smallest absolute Gasteiger partial charge is 0.346 e. The van der Waals surface area contributed by atoms with Crippen LogP contribution in [0.15, 0.2) is 29.1 Å². The molecular formula is C12H11F3N4OS. The second-order valence-electron chi connectivity index (χ2n) is 4.06. The van der Waals surface area contributed by atoms with Crippen molar-refractivity contribution in [2.45, 2.75) is 12.7 Å². The van der Waals surface area contributed by atoms with Gasteiger partial charge in [0.2, 0.25) is 0 Å². The Labute approximate surface area is 122 Å². The third-order valence-corrected chi connectivity index (χ3v) is 3.29. The van der Waals surface area contributed by atoms with Crippen LogP contribution in [0.3, 0.4) is 0 Å². The highest BCUT2D eigenvalue weighted by Gasteiger charge is 2.34. The van der Waals surface area contributed by atoms with Gasteiger partial charge in [-0.05, 0) is 18.2 Å². The molecule has 1 heterocycles. The average Bonchev–Trinajstić information content (AvgIpc) is 2.96. The fraction of sp³-hybridized carbons (Fsp3) is 0.167. The van der Waals surface area contributed by atoms with E-state index in [4.69, 9.17) is 5.84 Å². The molecule has 0 aliphatic rings. The third-order valence-electron chi connectivity index (χ3n) is 2.66. The van der Waals surface area contributed by atoms with Crippen molar-refractivity contribution in [1.82, 2.24) is 10.3 Å². The van der Waals surface area contributed by atoms with Gasteiger partial charge in [-0.3, -0.25) is 10.6 Å². The number of carbonyl (C=O) groups is 1. The van der Waals surface area contributed by atoms with Gasteiger partial charge in [-0.1, -0.05) is 0 Å². The first kappa shape index (κ1) is 15.3. The molecule has 1 amide bonds. The van der Waals surface area contributed by atoms with Gasteiger partial charge in [-0.25, -0.2) is 4.98 Å². The molecule has 0 saturated carbocycles. The van der Waals surface area contributed by atoms with E-state index in [0.29, 0.717) is 5.69 Å². The van der Waals surface area contributed by atoms with Crippen molar-refractivity contribution in [3.8, 4) is 0 Å². The molecule has 2 aromatic rings. The Balaban J connectivity index is 2.17. The quantitative estimate of drug-likeness (QED) is 0.597. The summed E-state index contributed by atoms with van der Waals surface area (Å²) in [6.07, 6.45) is -4.60. The Morgan fingerprint density at radius 1 is 1.38 bits per heavy atom. The standard InChI is InChI=1S/C12H11F3N4OS/c13-12(14,15)9-3-7(1-2-10(9)19-16)11(20)17-4-8-5-21-6-18-8/h1-3,5-6,19H,4,16H2,(H,17,20). The number of rotatable bonds is 4. The number of halogens is 3. The van der Waals surface area contributed by atoms with Crippen molar-refractivity contribution in [3.63, 3.8) is 0 Å². The van der Waals surface area contributed by atoms with E-state index < -0.39 is 17.6 Å². The molecule has 0 aliphatic heterocycles. The molecule has 112 valence electrons. The monoisotopic (exact) mass is 316 g/mol. The molecule has 0 unspecified atom stereocenters. The van der Waals surface area contributed by atoms with Gasteiger partial charge in [0, 0.05) is 10.9 Å². The lowest BCUT2D eigenvalue weighted by Crippen LogP contribution is -2.24. The van der Waals surface area contributed by atoms with E-state index in [0.717, 1.165) is 12.1 Å². The topological polar surface area (TPSA) is 80.0 Å². The third kappa shape index (κ3) is 3.70. The number of carbonyl (C=O) groups excluding carboxylic acids is 1. The molecule has 1 aromatic heterocycles. The number of nitrogens with zero attached hydrogens (tertiary/aromatic N) is 1. The van der Waals surface area contributed by atoms with Crippen LogP contribution in [0, 0.1) is 0 Å². The summed E-state index contributed by atoms with van der Waals surface area (Å²) in [4.78, 5) is 15.8. The number of hydrogen-bond acceptors (Lipinski definition) is 5. The minimum atomic E-state index is -4.60. The summed E-state index contributed by atoms with van der Waals surface area (Å²) in [5.41, 5.74) is 2.82. The molecule has 0 aliphatic carbocycles. The van der Waals surface area contributed by atoms with Crippen molar-refractivity contribution in [3.05, 3.63) is 45.9 Å². The molecule has 9 heteroatoms. The van der Waals surface area contributed by atoms with Gasteiger partial charge in [-0.2, -0.15) is 13.2 Å². The van der Waals surface area contributed by atoms with Crippen LogP contribution in [0.1, 0.15) is 21.6 Å². The van der Waals surface area contributed by atoms with E-state index in [2.05, 4.69) is 10.3 Å². The van der Waals surface area contributed by atoms with Crippen LogP contribution in [0.2, 0.25) is 0 Å². The fourth-order valence-electron chi connectivity index (χ4n) is 1.64. The maximum Gasteiger partial charge on any atom is 0.418 e. The van der Waals surface area contributed by atoms with E-state index in [1.54, 1.807) is 10.9 Å². The number of hydrogen-bond donors (Lipinski definition) is 3. The Hall–Kier alpha value is -2.13. The van der Waals surface area contributed by atoms with Gasteiger partial charge in [0.15, 0.2) is 0 Å². The average molecular weight is 316 g/mol. The summed E-state index contributed by atoms with van der Waals surface area (Å²) >= 11 is 1.36. The zero-order valence-electron chi connectivity index (χ0n) is 10.6. The minimum Gasteiger partial charge on any atom is -0.346 e. The van der Waals surface area contributed by atoms with Crippen molar-refractivity contribution < 1.29 is 18.0 Å². The Morgan fingerprint density at radius 2 is 2.14 bits per heavy atom. The van der Waals surface area contributed by atoms with Gasteiger partial charge in [-0.15, -0.1) is 11.3 Å². The summed E-state index contributed by atoms with van der Waals surface area (Å²) in [5, 5.41) is 4.24. The van der Waals surface area contributed by atoms with Gasteiger partial charge in [0.05, 0.1) is 29.0 Å². The molecule has 21 heavy (non-hydrogen) atoms. The largest absolute Gasteiger partial charge is 0.418 e. The maximum atomic E-state index is 12.9. The highest BCUT2D eigenvalue weighted by molar-refractivity contribution is 7.07. The van der Waals surface area contributed by atoms with E-state index in [1.807, 2.05) is 5.43 Å². The van der Waals surface area contributed by atoms with Crippen LogP contribution >= 0.6 is 11.3 Å². The van der Waals surface area contributed by atoms with Crippen molar-refractivity contribution >= 4 is 22.9 Å². The van der Waals surface area contributed by atoms with Crippen LogP contribution in [0.5, 0.6) is 0 Å². The predicted molar refractivity (Wildman–Crippen MR) is 72.5 cm³/mol. The zero-order chi connectivity index (χ0) is 15.5. The number of hydrazine groups is 1. The summed E-state index contributed by atoms with van der Waals surface area (Å²) in [6, 6.07) is 3.13. The summed E-state index contributed by atoms with van der Waals surface area (Å²) in [6.45, 7) is 0.153. The molecule has 4 N–H and O–H groups in total. The highest BCUT2D eigenvalue weighted by atomic mass is 32.1. The van der Waals surface area contributed by atoms with Gasteiger partial charge in [0.25, 0.3) is 5.91 Å². The van der Waals surface area contributed by atoms with Crippen LogP contribution in [0.4, 0.5) is 18.9 Å². The molecule has 0 radical (unpaired) electrons. The lowest BCUT2D eigenvalue weighted by Gasteiger charge is -2.13. The zero-order valence-corrected chi connectivity index (χ0v) is 11.4. The summed E-state index contributed by atoms with van der Waals surface area (Å²) in [5.74, 6) is 4.42. The number of amides is 1. The molecule has 0 bridgehead atoms. The molecule has 2 rings (SSSR count). The lowest BCUT2D eigenvalue weighted by molar-refractivity contribution is -0.137. The lowest BCUT2D eigenvalue weighted by atomic mass is 10.1. The molecule has 0 spiro atoms. The number of anilines is 1. The maximum absolute atomic E-state index is 12.9. The van der Waals surface area contributed by atoms with E-state index >= 15 is 0 Å². The van der Waals surface area contributed by atoms with E-state index in [9.17, 15) is 18.0 Å². The van der Waals surface area contributed by atoms with Crippen LogP contribution < -0.4 is 16.6 Å². The predicted octanol–water partition coefficient (Wildman–Crippen LogP) is 2.38. The molecule has 1 aromatic carbocycles. The van der Waals surface area contributed by atoms with E-state index in [1.165, 1.54) is 17.4 Å². The number of nitrogens with one attached hydrogen (secondary N) is 2. The Kier molecular flexibility index (Phi) is 4.43. The second kappa shape index (κ2) is 6.10. The number of alkyl halides is 3. The molecule has 0 fully saturated rings. The molecule has 0 atom stereocenters. The molecular weight excluding hydrogens is 305 g/mol. The van der Waals surface area contributed by atoms with Crippen molar-refractivity contribution in [2.24, 2.45) is 5.84 Å². The summed E-state index contributed by atoms with van der Waals surface area (Å²) < 4.78 is 38.6. The first-order chi connectivity index (χ1) is 9.91. The highest BCUT2D eigenvalue weighted by Crippen LogP contribution is 2.35.